The average molecular weight is 282 g/mol. The number of nitriles is 1. The van der Waals surface area contributed by atoms with Gasteiger partial charge in [-0.2, -0.15) is 5.26 Å². The van der Waals surface area contributed by atoms with Crippen molar-refractivity contribution in [1.82, 2.24) is 15.2 Å². The van der Waals surface area contributed by atoms with Gasteiger partial charge in [0, 0.05) is 5.56 Å². The van der Waals surface area contributed by atoms with Crippen molar-refractivity contribution in [2.45, 2.75) is 39.0 Å². The summed E-state index contributed by atoms with van der Waals surface area (Å²) >= 11 is 0. The molecule has 5 nitrogen and oxygen atoms in total. The van der Waals surface area contributed by atoms with E-state index in [9.17, 15) is 5.26 Å². The first-order valence-electron chi connectivity index (χ1n) is 7.33. The summed E-state index contributed by atoms with van der Waals surface area (Å²) in [4.78, 5) is 3.05. The van der Waals surface area contributed by atoms with E-state index in [1.54, 1.807) is 0 Å². The Hall–Kier alpha value is -2.35. The molecule has 0 bridgehead atoms. The first-order valence-corrected chi connectivity index (χ1v) is 7.33. The van der Waals surface area contributed by atoms with E-state index < -0.39 is 0 Å². The van der Waals surface area contributed by atoms with Gasteiger partial charge in [-0.3, -0.25) is 4.98 Å². The maximum absolute atomic E-state index is 9.36. The molecule has 0 saturated heterocycles. The van der Waals surface area contributed by atoms with Gasteiger partial charge in [0.25, 0.3) is 0 Å². The fourth-order valence-corrected chi connectivity index (χ4v) is 2.71. The van der Waals surface area contributed by atoms with Gasteiger partial charge in [0.05, 0.1) is 18.2 Å². The van der Waals surface area contributed by atoms with Crippen molar-refractivity contribution in [3.63, 3.8) is 0 Å². The smallest absolute Gasteiger partial charge is 0.314 e. The molecule has 0 unspecified atom stereocenters. The monoisotopic (exact) mass is 282 g/mol. The predicted molar refractivity (Wildman–Crippen MR) is 79.0 cm³/mol. The Morgan fingerprint density at radius 2 is 2.19 bits per heavy atom. The molecule has 0 radical (unpaired) electrons. The molecule has 1 saturated carbocycles. The molecule has 5 heteroatoms. The van der Waals surface area contributed by atoms with Crippen LogP contribution in [0.4, 0.5) is 0 Å². The molecule has 1 aromatic heterocycles. The van der Waals surface area contributed by atoms with Crippen molar-refractivity contribution in [2.24, 2.45) is 0 Å². The maximum atomic E-state index is 9.36. The average Bonchev–Trinajstić information content (AvgIpc) is 2.88. The lowest BCUT2D eigenvalue weighted by Gasteiger charge is -2.28. The number of H-pyrrole nitrogens is 1. The van der Waals surface area contributed by atoms with Gasteiger partial charge in [0.2, 0.25) is 0 Å². The molecule has 0 aliphatic heterocycles. The highest BCUT2D eigenvalue weighted by Gasteiger charge is 2.23. The lowest BCUT2D eigenvalue weighted by atomic mass is 9.77. The SMILES string of the molecule is CCOc1nnc(-c2cc(C#N)c(C)c(C3CCC3)c2)[nH]1. The van der Waals surface area contributed by atoms with Gasteiger partial charge in [-0.15, -0.1) is 5.10 Å². The number of aromatic nitrogens is 3. The summed E-state index contributed by atoms with van der Waals surface area (Å²) in [6.07, 6.45) is 3.68. The molecule has 1 aromatic carbocycles. The molecule has 1 N–H and O–H groups in total. The van der Waals surface area contributed by atoms with Crippen LogP contribution in [0.2, 0.25) is 0 Å². The van der Waals surface area contributed by atoms with Gasteiger partial charge >= 0.3 is 6.01 Å². The Labute approximate surface area is 124 Å². The van der Waals surface area contributed by atoms with Crippen molar-refractivity contribution >= 4 is 0 Å². The Morgan fingerprint density at radius 3 is 2.81 bits per heavy atom. The number of aromatic amines is 1. The van der Waals surface area contributed by atoms with E-state index >= 15 is 0 Å². The van der Waals surface area contributed by atoms with Gasteiger partial charge in [0.15, 0.2) is 5.82 Å². The second-order valence-corrected chi connectivity index (χ2v) is 5.39. The third kappa shape index (κ3) is 2.49. The highest BCUT2D eigenvalue weighted by Crippen LogP contribution is 2.40. The quantitative estimate of drug-likeness (QED) is 0.933. The summed E-state index contributed by atoms with van der Waals surface area (Å²) in [6, 6.07) is 6.71. The van der Waals surface area contributed by atoms with Crippen LogP contribution in [0.15, 0.2) is 12.1 Å². The third-order valence-corrected chi connectivity index (χ3v) is 4.13. The second kappa shape index (κ2) is 5.57. The number of nitrogens with zero attached hydrogens (tertiary/aromatic N) is 3. The van der Waals surface area contributed by atoms with Gasteiger partial charge in [-0.05, 0) is 55.9 Å². The number of rotatable bonds is 4. The Morgan fingerprint density at radius 1 is 1.38 bits per heavy atom. The van der Waals surface area contributed by atoms with Crippen LogP contribution in [-0.4, -0.2) is 21.8 Å². The molecule has 0 atom stereocenters. The molecule has 1 aliphatic rings. The maximum Gasteiger partial charge on any atom is 0.314 e. The molecule has 21 heavy (non-hydrogen) atoms. The zero-order valence-corrected chi connectivity index (χ0v) is 12.3. The first-order chi connectivity index (χ1) is 10.2. The summed E-state index contributed by atoms with van der Waals surface area (Å²) in [5.74, 6) is 1.22. The van der Waals surface area contributed by atoms with Crippen LogP contribution in [0.25, 0.3) is 11.4 Å². The summed E-state index contributed by atoms with van der Waals surface area (Å²) in [7, 11) is 0. The van der Waals surface area contributed by atoms with Crippen molar-refractivity contribution in [1.29, 1.82) is 5.26 Å². The molecule has 3 rings (SSSR count). The number of hydrogen-bond acceptors (Lipinski definition) is 4. The Kier molecular flexibility index (Phi) is 3.61. The van der Waals surface area contributed by atoms with Crippen LogP contribution in [0.3, 0.4) is 0 Å². The lowest BCUT2D eigenvalue weighted by Crippen LogP contribution is -2.11. The zero-order chi connectivity index (χ0) is 14.8. The fraction of sp³-hybridized carbons (Fsp3) is 0.438. The van der Waals surface area contributed by atoms with E-state index in [0.29, 0.717) is 29.9 Å². The van der Waals surface area contributed by atoms with E-state index in [1.807, 2.05) is 19.9 Å². The van der Waals surface area contributed by atoms with Gasteiger partial charge in [-0.25, -0.2) is 0 Å². The van der Waals surface area contributed by atoms with E-state index in [2.05, 4.69) is 27.3 Å². The highest BCUT2D eigenvalue weighted by molar-refractivity contribution is 5.62. The summed E-state index contributed by atoms with van der Waals surface area (Å²) < 4.78 is 5.30. The minimum atomic E-state index is 0.414. The number of ether oxygens (including phenoxy) is 1. The normalized spacial score (nSPS) is 14.5. The molecule has 108 valence electrons. The van der Waals surface area contributed by atoms with E-state index in [1.165, 1.54) is 24.8 Å². The molecule has 1 fully saturated rings. The van der Waals surface area contributed by atoms with Gasteiger partial charge < -0.3 is 4.74 Å². The van der Waals surface area contributed by atoms with Crippen LogP contribution >= 0.6 is 0 Å². The molecule has 2 aromatic rings. The highest BCUT2D eigenvalue weighted by atomic mass is 16.5. The fourth-order valence-electron chi connectivity index (χ4n) is 2.71. The largest absolute Gasteiger partial charge is 0.464 e. The number of hydrogen-bond donors (Lipinski definition) is 1. The first kappa shape index (κ1) is 13.6. The molecular formula is C16H18N4O. The zero-order valence-electron chi connectivity index (χ0n) is 12.3. The van der Waals surface area contributed by atoms with Gasteiger partial charge in [-0.1, -0.05) is 11.5 Å². The Bertz CT molecular complexity index is 695. The van der Waals surface area contributed by atoms with Gasteiger partial charge in [0.1, 0.15) is 0 Å². The third-order valence-electron chi connectivity index (χ3n) is 4.13. The second-order valence-electron chi connectivity index (χ2n) is 5.39. The van der Waals surface area contributed by atoms with Crippen LogP contribution in [0, 0.1) is 18.3 Å². The topological polar surface area (TPSA) is 74.6 Å². The van der Waals surface area contributed by atoms with Crippen LogP contribution < -0.4 is 4.74 Å². The standard InChI is InChI=1S/C16H18N4O/c1-3-21-16-18-15(19-20-16)12-7-13(9-17)10(2)14(8-12)11-5-4-6-11/h7-8,11H,3-6H2,1-2H3,(H,18,19,20). The summed E-state index contributed by atoms with van der Waals surface area (Å²) in [5.41, 5.74) is 3.97. The van der Waals surface area contributed by atoms with E-state index in [0.717, 1.165) is 11.1 Å². The van der Waals surface area contributed by atoms with E-state index in [4.69, 9.17) is 4.74 Å². The van der Waals surface area contributed by atoms with Crippen LogP contribution in [-0.2, 0) is 0 Å². The van der Waals surface area contributed by atoms with E-state index in [-0.39, 0.29) is 0 Å². The van der Waals surface area contributed by atoms with Crippen LogP contribution in [0.1, 0.15) is 48.8 Å². The molecule has 1 heterocycles. The van der Waals surface area contributed by atoms with Crippen molar-refractivity contribution in [3.05, 3.63) is 28.8 Å². The minimum Gasteiger partial charge on any atom is -0.464 e. The predicted octanol–water partition coefficient (Wildman–Crippen LogP) is 3.32. The molecule has 0 amide bonds. The van der Waals surface area contributed by atoms with Crippen molar-refractivity contribution in [3.8, 4) is 23.5 Å². The Balaban J connectivity index is 2.03. The van der Waals surface area contributed by atoms with Crippen molar-refractivity contribution < 1.29 is 4.74 Å². The molecule has 0 spiro atoms. The number of nitrogens with one attached hydrogen (secondary N) is 1. The lowest BCUT2D eigenvalue weighted by molar-refractivity contribution is 0.314. The van der Waals surface area contributed by atoms with Crippen LogP contribution in [0.5, 0.6) is 6.01 Å². The minimum absolute atomic E-state index is 0.414. The summed E-state index contributed by atoms with van der Waals surface area (Å²) in [5, 5.41) is 17.4. The summed E-state index contributed by atoms with van der Waals surface area (Å²) in [6.45, 7) is 4.47. The molecule has 1 aliphatic carbocycles. The molecular weight excluding hydrogens is 264 g/mol. The number of benzene rings is 1. The van der Waals surface area contributed by atoms with Crippen molar-refractivity contribution in [2.75, 3.05) is 6.61 Å².